The van der Waals surface area contributed by atoms with Gasteiger partial charge in [-0.15, -0.1) is 21.5 Å². The predicted octanol–water partition coefficient (Wildman–Crippen LogP) is 5.03. The summed E-state index contributed by atoms with van der Waals surface area (Å²) in [5.74, 6) is 0.506. The number of hydrogen-bond acceptors (Lipinski definition) is 5. The lowest BCUT2D eigenvalue weighted by molar-refractivity contribution is 0.102. The highest BCUT2D eigenvalue weighted by molar-refractivity contribution is 7.15. The lowest BCUT2D eigenvalue weighted by Gasteiger charge is -2.06. The summed E-state index contributed by atoms with van der Waals surface area (Å²) < 4.78 is 19.1. The topological polar surface area (TPSA) is 68.0 Å². The minimum Gasteiger partial charge on any atom is -0.420 e. The summed E-state index contributed by atoms with van der Waals surface area (Å²) in [7, 11) is 0. The van der Waals surface area contributed by atoms with Crippen molar-refractivity contribution >= 4 is 34.5 Å². The SMILES string of the molecule is Cc1sc(-c2nnc(C3CC3)o2)cc1NC(=O)c1cc(F)ccc1Cl. The van der Waals surface area contributed by atoms with E-state index in [1.165, 1.54) is 23.5 Å². The minimum absolute atomic E-state index is 0.0858. The summed E-state index contributed by atoms with van der Waals surface area (Å²) in [5.41, 5.74) is 0.694. The number of amides is 1. The zero-order valence-corrected chi connectivity index (χ0v) is 14.7. The van der Waals surface area contributed by atoms with E-state index in [0.29, 0.717) is 23.4 Å². The van der Waals surface area contributed by atoms with E-state index in [0.717, 1.165) is 28.7 Å². The van der Waals surface area contributed by atoms with Crippen LogP contribution in [0.15, 0.2) is 28.7 Å². The van der Waals surface area contributed by atoms with Gasteiger partial charge in [0, 0.05) is 10.8 Å². The van der Waals surface area contributed by atoms with E-state index in [1.54, 1.807) is 6.07 Å². The second-order valence-corrected chi connectivity index (χ2v) is 7.54. The van der Waals surface area contributed by atoms with E-state index in [2.05, 4.69) is 15.5 Å². The van der Waals surface area contributed by atoms with Crippen LogP contribution in [0.2, 0.25) is 5.02 Å². The van der Waals surface area contributed by atoms with Crippen LogP contribution in [0, 0.1) is 12.7 Å². The molecule has 8 heteroatoms. The normalized spacial score (nSPS) is 13.9. The Morgan fingerprint density at radius 1 is 1.36 bits per heavy atom. The monoisotopic (exact) mass is 377 g/mol. The van der Waals surface area contributed by atoms with Crippen LogP contribution in [0.4, 0.5) is 10.1 Å². The number of thiophene rings is 1. The Hall–Kier alpha value is -2.25. The van der Waals surface area contributed by atoms with Crippen molar-refractivity contribution in [2.45, 2.75) is 25.7 Å². The van der Waals surface area contributed by atoms with Crippen LogP contribution in [-0.4, -0.2) is 16.1 Å². The third kappa shape index (κ3) is 3.29. The fourth-order valence-corrected chi connectivity index (χ4v) is 3.50. The Kier molecular flexibility index (Phi) is 4.05. The first-order chi connectivity index (χ1) is 12.0. The van der Waals surface area contributed by atoms with Crippen molar-refractivity contribution in [1.29, 1.82) is 0 Å². The number of nitrogens with zero attached hydrogens (tertiary/aromatic N) is 2. The molecule has 1 aromatic carbocycles. The molecule has 1 aliphatic rings. The van der Waals surface area contributed by atoms with Gasteiger partial charge in [0.25, 0.3) is 11.8 Å². The Morgan fingerprint density at radius 3 is 2.92 bits per heavy atom. The molecule has 0 radical (unpaired) electrons. The van der Waals surface area contributed by atoms with Crippen molar-refractivity contribution in [1.82, 2.24) is 10.2 Å². The fraction of sp³-hybridized carbons (Fsp3) is 0.235. The summed E-state index contributed by atoms with van der Waals surface area (Å²) in [6.45, 7) is 1.87. The van der Waals surface area contributed by atoms with Crippen LogP contribution in [0.25, 0.3) is 10.8 Å². The van der Waals surface area contributed by atoms with Crippen molar-refractivity contribution < 1.29 is 13.6 Å². The van der Waals surface area contributed by atoms with E-state index in [9.17, 15) is 9.18 Å². The van der Waals surface area contributed by atoms with E-state index < -0.39 is 11.7 Å². The molecule has 0 atom stereocenters. The zero-order chi connectivity index (χ0) is 17.6. The van der Waals surface area contributed by atoms with Gasteiger partial charge < -0.3 is 9.73 Å². The van der Waals surface area contributed by atoms with Crippen molar-refractivity contribution in [2.24, 2.45) is 0 Å². The van der Waals surface area contributed by atoms with E-state index in [4.69, 9.17) is 16.0 Å². The first-order valence-electron chi connectivity index (χ1n) is 7.72. The van der Waals surface area contributed by atoms with Gasteiger partial charge in [0.15, 0.2) is 0 Å². The molecule has 1 aliphatic carbocycles. The summed E-state index contributed by atoms with van der Waals surface area (Å²) in [6, 6.07) is 5.45. The summed E-state index contributed by atoms with van der Waals surface area (Å²) in [6.07, 6.45) is 2.17. The average Bonchev–Trinajstić information content (AvgIpc) is 3.20. The molecule has 2 aromatic heterocycles. The van der Waals surface area contributed by atoms with Gasteiger partial charge in [0.05, 0.1) is 21.2 Å². The van der Waals surface area contributed by atoms with Crippen molar-refractivity contribution in [3.05, 3.63) is 51.4 Å². The Morgan fingerprint density at radius 2 is 2.16 bits per heavy atom. The molecular weight excluding hydrogens is 365 g/mol. The van der Waals surface area contributed by atoms with Crippen LogP contribution in [0.3, 0.4) is 0 Å². The largest absolute Gasteiger partial charge is 0.420 e. The third-order valence-corrected chi connectivity index (χ3v) is 5.29. The van der Waals surface area contributed by atoms with Gasteiger partial charge in [-0.2, -0.15) is 0 Å². The molecule has 0 aliphatic heterocycles. The third-order valence-electron chi connectivity index (χ3n) is 3.92. The predicted molar refractivity (Wildman–Crippen MR) is 93.7 cm³/mol. The molecule has 0 unspecified atom stereocenters. The molecule has 0 saturated heterocycles. The molecule has 5 nitrogen and oxygen atoms in total. The standard InChI is InChI=1S/C17H13ClFN3O2S/c1-8-13(20-15(23)11-6-10(19)4-5-12(11)18)7-14(25-8)17-22-21-16(24-17)9-2-3-9/h4-7,9H,2-3H2,1H3,(H,20,23). The molecule has 128 valence electrons. The molecule has 3 aromatic rings. The summed E-state index contributed by atoms with van der Waals surface area (Å²) in [4.78, 5) is 14.0. The Labute approximate surface area is 151 Å². The molecule has 1 fully saturated rings. The second kappa shape index (κ2) is 6.24. The van der Waals surface area contributed by atoms with Gasteiger partial charge in [-0.05, 0) is 44.0 Å². The number of nitrogens with one attached hydrogen (secondary N) is 1. The lowest BCUT2D eigenvalue weighted by Crippen LogP contribution is -2.12. The number of carbonyl (C=O) groups is 1. The highest BCUT2D eigenvalue weighted by atomic mass is 35.5. The zero-order valence-electron chi connectivity index (χ0n) is 13.2. The maximum atomic E-state index is 13.4. The first kappa shape index (κ1) is 16.2. The molecule has 0 bridgehead atoms. The number of hydrogen-bond donors (Lipinski definition) is 1. The molecule has 1 N–H and O–H groups in total. The molecular formula is C17H13ClFN3O2S. The van der Waals surface area contributed by atoms with Gasteiger partial charge in [-0.3, -0.25) is 4.79 Å². The number of halogens is 2. The molecule has 2 heterocycles. The van der Waals surface area contributed by atoms with Gasteiger partial charge >= 0.3 is 0 Å². The van der Waals surface area contributed by atoms with Gasteiger partial charge in [0.1, 0.15) is 5.82 Å². The van der Waals surface area contributed by atoms with Gasteiger partial charge in [-0.1, -0.05) is 11.6 Å². The van der Waals surface area contributed by atoms with Crippen molar-refractivity contribution in [2.75, 3.05) is 5.32 Å². The Bertz CT molecular complexity index is 965. The first-order valence-corrected chi connectivity index (χ1v) is 8.91. The van der Waals surface area contributed by atoms with Crippen molar-refractivity contribution in [3.63, 3.8) is 0 Å². The minimum atomic E-state index is -0.518. The highest BCUT2D eigenvalue weighted by Crippen LogP contribution is 2.41. The fourth-order valence-electron chi connectivity index (χ4n) is 2.40. The van der Waals surface area contributed by atoms with Gasteiger partial charge in [0.2, 0.25) is 5.89 Å². The number of anilines is 1. The van der Waals surface area contributed by atoms with E-state index in [-0.39, 0.29) is 10.6 Å². The molecule has 25 heavy (non-hydrogen) atoms. The number of rotatable bonds is 4. The number of aromatic nitrogens is 2. The summed E-state index contributed by atoms with van der Waals surface area (Å²) >= 11 is 7.42. The quantitative estimate of drug-likeness (QED) is 0.692. The number of carbonyl (C=O) groups excluding carboxylic acids is 1. The average molecular weight is 378 g/mol. The second-order valence-electron chi connectivity index (χ2n) is 5.88. The van der Waals surface area contributed by atoms with Crippen molar-refractivity contribution in [3.8, 4) is 10.8 Å². The van der Waals surface area contributed by atoms with Crippen LogP contribution >= 0.6 is 22.9 Å². The smallest absolute Gasteiger partial charge is 0.257 e. The molecule has 4 rings (SSSR count). The van der Waals surface area contributed by atoms with Crippen LogP contribution in [0.1, 0.15) is 39.9 Å². The highest BCUT2D eigenvalue weighted by Gasteiger charge is 2.30. The number of aryl methyl sites for hydroxylation is 1. The Balaban J connectivity index is 1.57. The van der Waals surface area contributed by atoms with E-state index in [1.807, 2.05) is 6.92 Å². The molecule has 0 spiro atoms. The maximum absolute atomic E-state index is 13.4. The van der Waals surface area contributed by atoms with Gasteiger partial charge in [-0.25, -0.2) is 4.39 Å². The summed E-state index contributed by atoms with van der Waals surface area (Å²) in [5, 5.41) is 11.1. The lowest BCUT2D eigenvalue weighted by atomic mass is 10.2. The van der Waals surface area contributed by atoms with Crippen LogP contribution in [-0.2, 0) is 0 Å². The molecule has 1 saturated carbocycles. The molecule has 1 amide bonds. The van der Waals surface area contributed by atoms with E-state index >= 15 is 0 Å². The number of benzene rings is 1. The van der Waals surface area contributed by atoms with Crippen LogP contribution in [0.5, 0.6) is 0 Å². The van der Waals surface area contributed by atoms with Crippen LogP contribution < -0.4 is 5.32 Å². The maximum Gasteiger partial charge on any atom is 0.257 e.